The lowest BCUT2D eigenvalue weighted by atomic mass is 10.0. The van der Waals surface area contributed by atoms with Gasteiger partial charge in [-0.15, -0.1) is 0 Å². The van der Waals surface area contributed by atoms with Gasteiger partial charge in [-0.3, -0.25) is 9.59 Å². The number of para-hydroxylation sites is 2. The van der Waals surface area contributed by atoms with Crippen molar-refractivity contribution < 1.29 is 23.8 Å². The van der Waals surface area contributed by atoms with Crippen LogP contribution in [0.1, 0.15) is 12.8 Å². The maximum Gasteiger partial charge on any atom is 0.267 e. The molecule has 26 heavy (non-hydrogen) atoms. The molecule has 2 heterocycles. The van der Waals surface area contributed by atoms with Crippen LogP contribution in [0.15, 0.2) is 24.3 Å². The molecule has 142 valence electrons. The number of nitrogens with one attached hydrogen (secondary N) is 1. The van der Waals surface area contributed by atoms with Gasteiger partial charge in [0.05, 0.1) is 6.61 Å². The number of benzene rings is 1. The first kappa shape index (κ1) is 18.5. The molecule has 2 aliphatic heterocycles. The van der Waals surface area contributed by atoms with Crippen molar-refractivity contribution in [2.45, 2.75) is 31.0 Å². The molecule has 1 aromatic rings. The summed E-state index contributed by atoms with van der Waals surface area (Å²) in [6, 6.07) is 6.66. The van der Waals surface area contributed by atoms with Gasteiger partial charge in [-0.05, 0) is 25.0 Å². The van der Waals surface area contributed by atoms with Gasteiger partial charge in [-0.1, -0.05) is 12.1 Å². The minimum atomic E-state index is -0.674. The number of carbonyl (C=O) groups excluding carboxylic acids is 2. The van der Waals surface area contributed by atoms with Gasteiger partial charge in [-0.2, -0.15) is 0 Å². The third kappa shape index (κ3) is 4.25. The van der Waals surface area contributed by atoms with Gasteiger partial charge >= 0.3 is 0 Å². The Morgan fingerprint density at radius 2 is 2.00 bits per heavy atom. The predicted octanol–water partition coefficient (Wildman–Crippen LogP) is -0.0927. The van der Waals surface area contributed by atoms with E-state index in [9.17, 15) is 9.59 Å². The topological polar surface area (TPSA) is 103 Å². The van der Waals surface area contributed by atoms with Gasteiger partial charge in [-0.25, -0.2) is 0 Å². The van der Waals surface area contributed by atoms with E-state index < -0.39 is 12.1 Å². The fraction of sp³-hybridized carbons (Fsp3) is 0.556. The van der Waals surface area contributed by atoms with Gasteiger partial charge in [0.1, 0.15) is 12.6 Å². The number of carbonyl (C=O) groups is 2. The second kappa shape index (κ2) is 8.37. The lowest BCUT2D eigenvalue weighted by molar-refractivity contribution is -0.142. The highest BCUT2D eigenvalue weighted by Crippen LogP contribution is 2.31. The Labute approximate surface area is 152 Å². The van der Waals surface area contributed by atoms with Crippen LogP contribution in [0, 0.1) is 0 Å². The Morgan fingerprint density at radius 3 is 2.69 bits per heavy atom. The quantitative estimate of drug-likeness (QED) is 0.758. The van der Waals surface area contributed by atoms with Crippen molar-refractivity contribution in [2.24, 2.45) is 5.73 Å². The Kier molecular flexibility index (Phi) is 5.95. The number of amides is 2. The Hall–Kier alpha value is -2.32. The smallest absolute Gasteiger partial charge is 0.267 e. The zero-order valence-electron chi connectivity index (χ0n) is 14.8. The minimum Gasteiger partial charge on any atom is -0.485 e. The maximum atomic E-state index is 12.7. The first-order chi connectivity index (χ1) is 12.6. The number of hydrogen-bond donors (Lipinski definition) is 2. The predicted molar refractivity (Wildman–Crippen MR) is 93.9 cm³/mol. The molecule has 0 spiro atoms. The summed E-state index contributed by atoms with van der Waals surface area (Å²) in [5.41, 5.74) is 5.72. The molecule has 1 aromatic carbocycles. The Morgan fingerprint density at radius 1 is 1.31 bits per heavy atom. The third-order valence-corrected chi connectivity index (χ3v) is 4.62. The van der Waals surface area contributed by atoms with Crippen LogP contribution >= 0.6 is 0 Å². The highest BCUT2D eigenvalue weighted by atomic mass is 16.6. The number of nitrogens with two attached hydrogens (primary N) is 1. The second-order valence-corrected chi connectivity index (χ2v) is 6.53. The van der Waals surface area contributed by atoms with Gasteiger partial charge in [0, 0.05) is 26.2 Å². The third-order valence-electron chi connectivity index (χ3n) is 4.62. The van der Waals surface area contributed by atoms with Crippen LogP contribution in [0.3, 0.4) is 0 Å². The summed E-state index contributed by atoms with van der Waals surface area (Å²) in [5, 5.41) is 2.92. The number of likely N-dealkylation sites (tertiary alicyclic amines) is 1. The molecule has 2 aliphatic rings. The molecule has 8 nitrogen and oxygen atoms in total. The number of hydrogen-bond acceptors (Lipinski definition) is 6. The van der Waals surface area contributed by atoms with E-state index in [0.717, 1.165) is 0 Å². The number of methoxy groups -OCH3 is 1. The lowest BCUT2D eigenvalue weighted by Crippen LogP contribution is -2.54. The molecular weight excluding hydrogens is 338 g/mol. The molecule has 2 atom stereocenters. The summed E-state index contributed by atoms with van der Waals surface area (Å²) in [5.74, 6) is 0.939. The van der Waals surface area contributed by atoms with E-state index in [4.69, 9.17) is 19.9 Å². The summed E-state index contributed by atoms with van der Waals surface area (Å²) in [7, 11) is 1.51. The van der Waals surface area contributed by atoms with Crippen LogP contribution in [0.4, 0.5) is 0 Å². The fourth-order valence-corrected chi connectivity index (χ4v) is 3.15. The standard InChI is InChI=1S/C18H25N3O5/c1-24-10-13(19)17(22)20-12-6-8-21(9-7-12)18(23)16-11-25-14-4-2-3-5-15(14)26-16/h2-5,12-13,16H,6-11,19H2,1H3,(H,20,22). The lowest BCUT2D eigenvalue weighted by Gasteiger charge is -2.35. The number of rotatable bonds is 5. The molecule has 1 fully saturated rings. The maximum absolute atomic E-state index is 12.7. The van der Waals surface area contributed by atoms with Crippen molar-refractivity contribution in [1.29, 1.82) is 0 Å². The van der Waals surface area contributed by atoms with Crippen molar-refractivity contribution in [1.82, 2.24) is 10.2 Å². The molecule has 0 aromatic heterocycles. The first-order valence-corrected chi connectivity index (χ1v) is 8.80. The van der Waals surface area contributed by atoms with E-state index >= 15 is 0 Å². The van der Waals surface area contributed by atoms with Crippen molar-refractivity contribution in [3.63, 3.8) is 0 Å². The zero-order chi connectivity index (χ0) is 18.5. The summed E-state index contributed by atoms with van der Waals surface area (Å²) < 4.78 is 16.3. The molecular formula is C18H25N3O5. The molecule has 2 unspecified atom stereocenters. The summed E-state index contributed by atoms with van der Waals surface area (Å²) in [4.78, 5) is 26.4. The summed E-state index contributed by atoms with van der Waals surface area (Å²) in [6.45, 7) is 1.51. The van der Waals surface area contributed by atoms with Gasteiger partial charge in [0.25, 0.3) is 5.91 Å². The first-order valence-electron chi connectivity index (χ1n) is 8.80. The van der Waals surface area contributed by atoms with E-state index in [-0.39, 0.29) is 31.1 Å². The summed E-state index contributed by atoms with van der Waals surface area (Å²) >= 11 is 0. The average molecular weight is 363 g/mol. The van der Waals surface area contributed by atoms with E-state index in [1.807, 2.05) is 18.2 Å². The number of ether oxygens (including phenoxy) is 3. The molecule has 0 bridgehead atoms. The number of piperidine rings is 1. The van der Waals surface area contributed by atoms with Gasteiger partial charge in [0.2, 0.25) is 12.0 Å². The van der Waals surface area contributed by atoms with Crippen molar-refractivity contribution in [2.75, 3.05) is 33.4 Å². The van der Waals surface area contributed by atoms with Crippen LogP contribution in [0.25, 0.3) is 0 Å². The van der Waals surface area contributed by atoms with Crippen LogP contribution in [0.5, 0.6) is 11.5 Å². The highest BCUT2D eigenvalue weighted by Gasteiger charge is 2.33. The molecule has 2 amide bonds. The van der Waals surface area contributed by atoms with E-state index in [2.05, 4.69) is 5.32 Å². The highest BCUT2D eigenvalue weighted by molar-refractivity contribution is 5.83. The SMILES string of the molecule is COCC(N)C(=O)NC1CCN(C(=O)C2COc3ccccc3O2)CC1. The number of fused-ring (bicyclic) bond motifs is 1. The van der Waals surface area contributed by atoms with Crippen LogP contribution in [-0.4, -0.2) is 68.3 Å². The molecule has 8 heteroatoms. The monoisotopic (exact) mass is 363 g/mol. The molecule has 0 radical (unpaired) electrons. The minimum absolute atomic E-state index is 0.0127. The summed E-state index contributed by atoms with van der Waals surface area (Å²) in [6.07, 6.45) is 0.731. The molecule has 3 N–H and O–H groups in total. The molecule has 1 saturated heterocycles. The van der Waals surface area contributed by atoms with Gasteiger partial charge < -0.3 is 30.2 Å². The van der Waals surface area contributed by atoms with E-state index in [0.29, 0.717) is 37.4 Å². The van der Waals surface area contributed by atoms with Crippen molar-refractivity contribution in [3.8, 4) is 11.5 Å². The molecule has 0 saturated carbocycles. The fourth-order valence-electron chi connectivity index (χ4n) is 3.15. The molecule has 0 aliphatic carbocycles. The van der Waals surface area contributed by atoms with Gasteiger partial charge in [0.15, 0.2) is 11.5 Å². The Bertz CT molecular complexity index is 645. The van der Waals surface area contributed by atoms with E-state index in [1.165, 1.54) is 7.11 Å². The molecule has 3 rings (SSSR count). The van der Waals surface area contributed by atoms with Crippen LogP contribution in [0.2, 0.25) is 0 Å². The average Bonchev–Trinajstić information content (AvgIpc) is 2.67. The van der Waals surface area contributed by atoms with Crippen molar-refractivity contribution >= 4 is 11.8 Å². The normalized spacial score (nSPS) is 21.2. The Balaban J connectivity index is 1.48. The van der Waals surface area contributed by atoms with E-state index in [1.54, 1.807) is 11.0 Å². The largest absolute Gasteiger partial charge is 0.485 e. The van der Waals surface area contributed by atoms with Crippen molar-refractivity contribution in [3.05, 3.63) is 24.3 Å². The second-order valence-electron chi connectivity index (χ2n) is 6.53. The van der Waals surface area contributed by atoms with Crippen LogP contribution in [-0.2, 0) is 14.3 Å². The zero-order valence-corrected chi connectivity index (χ0v) is 14.8. The number of nitrogens with zero attached hydrogens (tertiary/aromatic N) is 1. The van der Waals surface area contributed by atoms with Crippen LogP contribution < -0.4 is 20.5 Å².